The van der Waals surface area contributed by atoms with Crippen LogP contribution >= 0.6 is 0 Å². The first kappa shape index (κ1) is 25.1. The number of hydrogen-bond donors (Lipinski definition) is 1. The van der Waals surface area contributed by atoms with Crippen molar-refractivity contribution in [2.75, 3.05) is 18.0 Å². The Bertz CT molecular complexity index is 1420. The van der Waals surface area contributed by atoms with E-state index < -0.39 is 16.1 Å². The minimum absolute atomic E-state index is 0.115. The molecule has 0 saturated carbocycles. The van der Waals surface area contributed by atoms with E-state index in [1.165, 1.54) is 47.5 Å². The van der Waals surface area contributed by atoms with Crippen LogP contribution in [0.1, 0.15) is 48.1 Å². The Morgan fingerprint density at radius 2 is 1.76 bits per heavy atom. The van der Waals surface area contributed by atoms with Crippen molar-refractivity contribution in [3.8, 4) is 11.5 Å². The molecule has 2 unspecified atom stereocenters. The molecule has 0 bridgehead atoms. The molecular weight excluding hydrogens is 488 g/mol. The number of carbonyl (C=O) groups excluding carboxylic acids is 1. The fraction of sp³-hybridized carbons (Fsp3) is 0.345. The molecule has 1 N–H and O–H groups in total. The van der Waals surface area contributed by atoms with E-state index in [0.717, 1.165) is 24.0 Å². The summed E-state index contributed by atoms with van der Waals surface area (Å²) in [6.45, 7) is 3.69. The van der Waals surface area contributed by atoms with E-state index in [-0.39, 0.29) is 23.4 Å². The first-order valence-corrected chi connectivity index (χ1v) is 14.1. The van der Waals surface area contributed by atoms with Crippen LogP contribution in [0.3, 0.4) is 0 Å². The summed E-state index contributed by atoms with van der Waals surface area (Å²) >= 11 is 0. The van der Waals surface area contributed by atoms with Gasteiger partial charge in [0.2, 0.25) is 0 Å². The number of sulfonamides is 1. The van der Waals surface area contributed by atoms with Gasteiger partial charge >= 0.3 is 0 Å². The first-order valence-electron chi connectivity index (χ1n) is 12.6. The minimum atomic E-state index is -3.96. The molecule has 7 nitrogen and oxygen atoms in total. The largest absolute Gasteiger partial charge is 0.497 e. The maximum atomic E-state index is 13.7. The molecule has 3 aromatic carbocycles. The van der Waals surface area contributed by atoms with Crippen LogP contribution in [-0.4, -0.2) is 34.1 Å². The average molecular weight is 521 g/mol. The van der Waals surface area contributed by atoms with Crippen LogP contribution in [-0.2, 0) is 27.7 Å². The van der Waals surface area contributed by atoms with Crippen molar-refractivity contribution in [1.29, 1.82) is 0 Å². The Morgan fingerprint density at radius 3 is 2.49 bits per heavy atom. The smallest absolute Gasteiger partial charge is 0.264 e. The number of nitrogens with zero attached hydrogens (tertiary/aromatic N) is 1. The lowest BCUT2D eigenvalue weighted by atomic mass is 9.89. The van der Waals surface area contributed by atoms with E-state index in [4.69, 9.17) is 9.47 Å². The highest BCUT2D eigenvalue weighted by Crippen LogP contribution is 2.38. The molecule has 0 saturated heterocycles. The molecule has 0 fully saturated rings. The number of aryl methyl sites for hydroxylation is 3. The van der Waals surface area contributed by atoms with E-state index in [9.17, 15) is 13.2 Å². The third-order valence-corrected chi connectivity index (χ3v) is 8.95. The number of rotatable bonds is 6. The van der Waals surface area contributed by atoms with E-state index >= 15 is 0 Å². The molecule has 5 rings (SSSR count). The number of carbonyl (C=O) groups is 1. The second kappa shape index (κ2) is 10.1. The van der Waals surface area contributed by atoms with Crippen molar-refractivity contribution < 1.29 is 22.7 Å². The van der Waals surface area contributed by atoms with Crippen LogP contribution in [0.4, 0.5) is 5.69 Å². The SMILES string of the molecule is COc1ccc(S(=O)(=O)N2CC(C(=O)NC(C)c3ccc4c(c3)CCCC4)Oc3ccc(C)cc32)cc1. The van der Waals surface area contributed by atoms with E-state index in [0.29, 0.717) is 17.2 Å². The Labute approximate surface area is 218 Å². The van der Waals surface area contributed by atoms with Crippen molar-refractivity contribution in [2.24, 2.45) is 0 Å². The summed E-state index contributed by atoms with van der Waals surface area (Å²) in [6, 6.07) is 17.7. The summed E-state index contributed by atoms with van der Waals surface area (Å²) in [4.78, 5) is 13.5. The Balaban J connectivity index is 1.40. The third kappa shape index (κ3) is 5.03. The van der Waals surface area contributed by atoms with Crippen molar-refractivity contribution in [3.63, 3.8) is 0 Å². The zero-order chi connectivity index (χ0) is 26.2. The standard InChI is InChI=1S/C29H32N2O5S/c1-19-8-15-27-26(16-19)31(37(33,34)25-13-11-24(35-3)12-14-25)18-28(36-27)29(32)30-20(2)22-10-9-21-6-4-5-7-23(21)17-22/h8-17,20,28H,4-7,18H2,1-3H3,(H,30,32). The monoisotopic (exact) mass is 520 g/mol. The number of amides is 1. The number of nitrogens with one attached hydrogen (secondary N) is 1. The molecule has 1 heterocycles. The fourth-order valence-corrected chi connectivity index (χ4v) is 6.48. The quantitative estimate of drug-likeness (QED) is 0.509. The maximum absolute atomic E-state index is 13.7. The summed E-state index contributed by atoms with van der Waals surface area (Å²) in [5.74, 6) is 0.562. The molecule has 3 aromatic rings. The van der Waals surface area contributed by atoms with E-state index in [1.54, 1.807) is 24.3 Å². The van der Waals surface area contributed by atoms with Crippen molar-refractivity contribution in [1.82, 2.24) is 5.32 Å². The van der Waals surface area contributed by atoms with Gasteiger partial charge in [0, 0.05) is 0 Å². The van der Waals surface area contributed by atoms with Gasteiger partial charge in [-0.1, -0.05) is 24.3 Å². The molecule has 0 spiro atoms. The lowest BCUT2D eigenvalue weighted by Gasteiger charge is -2.35. The molecule has 8 heteroatoms. The van der Waals surface area contributed by atoms with Gasteiger partial charge in [0.25, 0.3) is 15.9 Å². The van der Waals surface area contributed by atoms with Gasteiger partial charge in [0.05, 0.1) is 30.3 Å². The van der Waals surface area contributed by atoms with Gasteiger partial charge in [-0.15, -0.1) is 0 Å². The minimum Gasteiger partial charge on any atom is -0.497 e. The Kier molecular flexibility index (Phi) is 6.86. The van der Waals surface area contributed by atoms with Gasteiger partial charge < -0.3 is 14.8 Å². The van der Waals surface area contributed by atoms with Crippen LogP contribution in [0.15, 0.2) is 65.6 Å². The van der Waals surface area contributed by atoms with Crippen LogP contribution < -0.4 is 19.1 Å². The summed E-state index contributed by atoms with van der Waals surface area (Å²) in [7, 11) is -2.43. The average Bonchev–Trinajstić information content (AvgIpc) is 2.92. The first-order chi connectivity index (χ1) is 17.8. The molecular formula is C29H32N2O5S. The predicted molar refractivity (Wildman–Crippen MR) is 143 cm³/mol. The zero-order valence-corrected chi connectivity index (χ0v) is 22.2. The van der Waals surface area contributed by atoms with Crippen LogP contribution in [0.25, 0.3) is 0 Å². The number of methoxy groups -OCH3 is 1. The Hall–Kier alpha value is -3.52. The molecule has 1 amide bonds. The van der Waals surface area contributed by atoms with Gasteiger partial charge in [0.1, 0.15) is 11.5 Å². The van der Waals surface area contributed by atoms with E-state index in [1.807, 2.05) is 19.9 Å². The molecule has 194 valence electrons. The highest BCUT2D eigenvalue weighted by atomic mass is 32.2. The van der Waals surface area contributed by atoms with Gasteiger partial charge in [-0.05, 0) is 98.2 Å². The number of hydrogen-bond acceptors (Lipinski definition) is 5. The second-order valence-electron chi connectivity index (χ2n) is 9.75. The summed E-state index contributed by atoms with van der Waals surface area (Å²) in [5, 5.41) is 3.04. The summed E-state index contributed by atoms with van der Waals surface area (Å²) in [5.41, 5.74) is 5.07. The summed E-state index contributed by atoms with van der Waals surface area (Å²) < 4.78 is 39.9. The van der Waals surface area contributed by atoms with Gasteiger partial charge in [0.15, 0.2) is 6.10 Å². The zero-order valence-electron chi connectivity index (χ0n) is 21.4. The predicted octanol–water partition coefficient (Wildman–Crippen LogP) is 4.72. The molecule has 1 aliphatic carbocycles. The number of anilines is 1. The van der Waals surface area contributed by atoms with Gasteiger partial charge in [-0.3, -0.25) is 9.10 Å². The number of ether oxygens (including phenoxy) is 2. The fourth-order valence-electron chi connectivity index (χ4n) is 5.01. The second-order valence-corrected chi connectivity index (χ2v) is 11.6. The normalized spacial score (nSPS) is 17.7. The number of benzene rings is 3. The number of fused-ring (bicyclic) bond motifs is 2. The third-order valence-electron chi connectivity index (χ3n) is 7.16. The molecule has 2 atom stereocenters. The molecule has 0 aromatic heterocycles. The van der Waals surface area contributed by atoms with Gasteiger partial charge in [-0.2, -0.15) is 0 Å². The topological polar surface area (TPSA) is 84.9 Å². The van der Waals surface area contributed by atoms with Crippen molar-refractivity contribution >= 4 is 21.6 Å². The lowest BCUT2D eigenvalue weighted by Crippen LogP contribution is -2.51. The molecule has 1 aliphatic heterocycles. The highest BCUT2D eigenvalue weighted by molar-refractivity contribution is 7.92. The Morgan fingerprint density at radius 1 is 1.03 bits per heavy atom. The van der Waals surface area contributed by atoms with Crippen LogP contribution in [0.2, 0.25) is 0 Å². The van der Waals surface area contributed by atoms with Crippen molar-refractivity contribution in [3.05, 3.63) is 82.9 Å². The van der Waals surface area contributed by atoms with E-state index in [2.05, 4.69) is 23.5 Å². The maximum Gasteiger partial charge on any atom is 0.264 e. The van der Waals surface area contributed by atoms with Crippen molar-refractivity contribution in [2.45, 2.75) is 56.6 Å². The summed E-state index contributed by atoms with van der Waals surface area (Å²) in [6.07, 6.45) is 3.57. The highest BCUT2D eigenvalue weighted by Gasteiger charge is 2.38. The van der Waals surface area contributed by atoms with Gasteiger partial charge in [-0.25, -0.2) is 8.42 Å². The molecule has 0 radical (unpaired) electrons. The van der Waals surface area contributed by atoms with Crippen LogP contribution in [0, 0.1) is 6.92 Å². The molecule has 2 aliphatic rings. The van der Waals surface area contributed by atoms with Crippen LogP contribution in [0.5, 0.6) is 11.5 Å². The lowest BCUT2D eigenvalue weighted by molar-refractivity contribution is -0.128. The molecule has 37 heavy (non-hydrogen) atoms.